The molecule has 1 aromatic rings. The third kappa shape index (κ3) is 4.21. The van der Waals surface area contributed by atoms with Gasteiger partial charge in [-0.05, 0) is 50.6 Å². The summed E-state index contributed by atoms with van der Waals surface area (Å²) in [4.78, 5) is 14.6. The van der Waals surface area contributed by atoms with Crippen LogP contribution in [0.2, 0.25) is 0 Å². The summed E-state index contributed by atoms with van der Waals surface area (Å²) in [5.74, 6) is 0.973. The molecule has 0 aliphatic carbocycles. The standard InChI is InChI=1S/C17H26N2O2/c1-3-4-12-21-16-9-7-14(8-10-16)17(20)19-11-5-6-15(19)13-18-2/h7-10,15,18H,3-6,11-13H2,1-2H3. The average molecular weight is 290 g/mol. The minimum Gasteiger partial charge on any atom is -0.494 e. The van der Waals surface area contributed by atoms with Gasteiger partial charge in [-0.2, -0.15) is 0 Å². The molecule has 0 aromatic heterocycles. The quantitative estimate of drug-likeness (QED) is 0.785. The van der Waals surface area contributed by atoms with E-state index in [0.29, 0.717) is 6.04 Å². The highest BCUT2D eigenvalue weighted by Crippen LogP contribution is 2.21. The predicted molar refractivity (Wildman–Crippen MR) is 84.8 cm³/mol. The molecule has 0 saturated carbocycles. The molecular formula is C17H26N2O2. The van der Waals surface area contributed by atoms with E-state index in [4.69, 9.17) is 4.74 Å². The fourth-order valence-electron chi connectivity index (χ4n) is 2.74. The van der Waals surface area contributed by atoms with Crippen LogP contribution in [0.3, 0.4) is 0 Å². The number of rotatable bonds is 7. The zero-order chi connectivity index (χ0) is 15.1. The van der Waals surface area contributed by atoms with Gasteiger partial charge in [0.2, 0.25) is 0 Å². The number of nitrogens with one attached hydrogen (secondary N) is 1. The lowest BCUT2D eigenvalue weighted by atomic mass is 10.1. The minimum absolute atomic E-state index is 0.132. The van der Waals surface area contributed by atoms with Crippen LogP contribution in [0.1, 0.15) is 43.0 Å². The second-order valence-corrected chi connectivity index (χ2v) is 5.58. The summed E-state index contributed by atoms with van der Waals surface area (Å²) >= 11 is 0. The van der Waals surface area contributed by atoms with Crippen LogP contribution in [0.15, 0.2) is 24.3 Å². The van der Waals surface area contributed by atoms with E-state index in [-0.39, 0.29) is 5.91 Å². The van der Waals surface area contributed by atoms with Crippen LogP contribution < -0.4 is 10.1 Å². The van der Waals surface area contributed by atoms with Crippen molar-refractivity contribution in [2.75, 3.05) is 26.7 Å². The number of hydrogen-bond donors (Lipinski definition) is 1. The first-order valence-corrected chi connectivity index (χ1v) is 7.94. The lowest BCUT2D eigenvalue weighted by Crippen LogP contribution is -2.40. The molecule has 1 unspecified atom stereocenters. The van der Waals surface area contributed by atoms with Gasteiger partial charge in [0.25, 0.3) is 5.91 Å². The SMILES string of the molecule is CCCCOc1ccc(C(=O)N2CCCC2CNC)cc1. The second kappa shape index (κ2) is 8.03. The van der Waals surface area contributed by atoms with Crippen molar-refractivity contribution in [2.24, 2.45) is 0 Å². The fraction of sp³-hybridized carbons (Fsp3) is 0.588. The van der Waals surface area contributed by atoms with Gasteiger partial charge in [0.1, 0.15) is 5.75 Å². The Bertz CT molecular complexity index is 445. The third-order valence-electron chi connectivity index (χ3n) is 3.95. The van der Waals surface area contributed by atoms with E-state index in [2.05, 4.69) is 12.2 Å². The lowest BCUT2D eigenvalue weighted by Gasteiger charge is -2.24. The van der Waals surface area contributed by atoms with Crippen LogP contribution in [-0.4, -0.2) is 43.6 Å². The molecule has 1 fully saturated rings. The number of carbonyl (C=O) groups is 1. The zero-order valence-corrected chi connectivity index (χ0v) is 13.1. The molecule has 0 spiro atoms. The maximum absolute atomic E-state index is 12.6. The maximum atomic E-state index is 12.6. The molecule has 2 rings (SSSR count). The molecular weight excluding hydrogens is 264 g/mol. The van der Waals surface area contributed by atoms with Crippen LogP contribution in [0.4, 0.5) is 0 Å². The van der Waals surface area contributed by atoms with Gasteiger partial charge in [0, 0.05) is 24.7 Å². The number of benzene rings is 1. The van der Waals surface area contributed by atoms with Gasteiger partial charge in [-0.1, -0.05) is 13.3 Å². The Morgan fingerprint density at radius 3 is 2.81 bits per heavy atom. The number of unbranched alkanes of at least 4 members (excludes halogenated alkanes) is 1. The first-order valence-electron chi connectivity index (χ1n) is 7.94. The van der Waals surface area contributed by atoms with Crippen molar-refractivity contribution in [1.82, 2.24) is 10.2 Å². The summed E-state index contributed by atoms with van der Waals surface area (Å²) < 4.78 is 5.63. The molecule has 1 saturated heterocycles. The summed E-state index contributed by atoms with van der Waals surface area (Å²) in [6, 6.07) is 7.86. The van der Waals surface area contributed by atoms with Crippen LogP contribution in [0.25, 0.3) is 0 Å². The van der Waals surface area contributed by atoms with Crippen molar-refractivity contribution >= 4 is 5.91 Å². The Kier molecular flexibility index (Phi) is 6.05. The van der Waals surface area contributed by atoms with E-state index in [1.54, 1.807) is 0 Å². The van der Waals surface area contributed by atoms with Gasteiger partial charge >= 0.3 is 0 Å². The molecule has 0 bridgehead atoms. The Morgan fingerprint density at radius 1 is 1.38 bits per heavy atom. The van der Waals surface area contributed by atoms with Crippen molar-refractivity contribution in [2.45, 2.75) is 38.6 Å². The van der Waals surface area contributed by atoms with Crippen molar-refractivity contribution in [3.05, 3.63) is 29.8 Å². The molecule has 4 heteroatoms. The number of amides is 1. The van der Waals surface area contributed by atoms with Gasteiger partial charge < -0.3 is 15.0 Å². The highest BCUT2D eigenvalue weighted by Gasteiger charge is 2.28. The van der Waals surface area contributed by atoms with Gasteiger partial charge in [0.05, 0.1) is 6.61 Å². The summed E-state index contributed by atoms with van der Waals surface area (Å²) in [7, 11) is 1.93. The zero-order valence-electron chi connectivity index (χ0n) is 13.1. The molecule has 1 amide bonds. The largest absolute Gasteiger partial charge is 0.494 e. The molecule has 116 valence electrons. The Hall–Kier alpha value is -1.55. The van der Waals surface area contributed by atoms with Crippen LogP contribution >= 0.6 is 0 Å². The van der Waals surface area contributed by atoms with E-state index in [1.165, 1.54) is 0 Å². The molecule has 21 heavy (non-hydrogen) atoms. The molecule has 1 atom stereocenters. The first-order chi connectivity index (χ1) is 10.3. The van der Waals surface area contributed by atoms with Gasteiger partial charge in [-0.25, -0.2) is 0 Å². The van der Waals surface area contributed by atoms with Crippen LogP contribution in [0.5, 0.6) is 5.75 Å². The summed E-state index contributed by atoms with van der Waals surface area (Å²) in [5, 5.41) is 3.17. The Labute approximate surface area is 127 Å². The van der Waals surface area contributed by atoms with Crippen molar-refractivity contribution < 1.29 is 9.53 Å². The summed E-state index contributed by atoms with van der Waals surface area (Å²) in [6.07, 6.45) is 4.36. The smallest absolute Gasteiger partial charge is 0.254 e. The third-order valence-corrected chi connectivity index (χ3v) is 3.95. The number of likely N-dealkylation sites (N-methyl/N-ethyl adjacent to an activating group) is 1. The molecule has 1 N–H and O–H groups in total. The minimum atomic E-state index is 0.132. The van der Waals surface area contributed by atoms with E-state index < -0.39 is 0 Å². The Balaban J connectivity index is 1.96. The van der Waals surface area contributed by atoms with E-state index in [1.807, 2.05) is 36.2 Å². The molecule has 0 radical (unpaired) electrons. The van der Waals surface area contributed by atoms with E-state index >= 15 is 0 Å². The number of carbonyl (C=O) groups excluding carboxylic acids is 1. The second-order valence-electron chi connectivity index (χ2n) is 5.58. The normalized spacial score (nSPS) is 18.0. The molecule has 1 aliphatic heterocycles. The van der Waals surface area contributed by atoms with Gasteiger partial charge in [-0.15, -0.1) is 0 Å². The highest BCUT2D eigenvalue weighted by molar-refractivity contribution is 5.94. The molecule has 4 nitrogen and oxygen atoms in total. The van der Waals surface area contributed by atoms with E-state index in [0.717, 1.165) is 56.7 Å². The van der Waals surface area contributed by atoms with Crippen molar-refractivity contribution in [3.63, 3.8) is 0 Å². The Morgan fingerprint density at radius 2 is 2.14 bits per heavy atom. The molecule has 1 aliphatic rings. The number of hydrogen-bond acceptors (Lipinski definition) is 3. The summed E-state index contributed by atoms with van der Waals surface area (Å²) in [5.41, 5.74) is 0.751. The van der Waals surface area contributed by atoms with Crippen molar-refractivity contribution in [1.29, 1.82) is 0 Å². The molecule has 1 heterocycles. The van der Waals surface area contributed by atoms with Crippen LogP contribution in [0, 0.1) is 0 Å². The highest BCUT2D eigenvalue weighted by atomic mass is 16.5. The van der Waals surface area contributed by atoms with Gasteiger partial charge in [-0.3, -0.25) is 4.79 Å². The number of likely N-dealkylation sites (tertiary alicyclic amines) is 1. The lowest BCUT2D eigenvalue weighted by molar-refractivity contribution is 0.0737. The van der Waals surface area contributed by atoms with Gasteiger partial charge in [0.15, 0.2) is 0 Å². The topological polar surface area (TPSA) is 41.6 Å². The molecule has 1 aromatic carbocycles. The number of nitrogens with zero attached hydrogens (tertiary/aromatic N) is 1. The van der Waals surface area contributed by atoms with E-state index in [9.17, 15) is 4.79 Å². The van der Waals surface area contributed by atoms with Crippen LogP contribution in [-0.2, 0) is 0 Å². The predicted octanol–water partition coefficient (Wildman–Crippen LogP) is 2.69. The maximum Gasteiger partial charge on any atom is 0.254 e. The average Bonchev–Trinajstić information content (AvgIpc) is 2.96. The summed E-state index contributed by atoms with van der Waals surface area (Å²) in [6.45, 7) is 4.60. The first kappa shape index (κ1) is 15.8. The monoisotopic (exact) mass is 290 g/mol. The van der Waals surface area contributed by atoms with Crippen molar-refractivity contribution in [3.8, 4) is 5.75 Å². The fourth-order valence-corrected chi connectivity index (χ4v) is 2.74. The number of ether oxygens (including phenoxy) is 1.